The Labute approximate surface area is 223 Å². The van der Waals surface area contributed by atoms with Crippen molar-refractivity contribution in [2.24, 2.45) is 0 Å². The fraction of sp³-hybridized carbons (Fsp3) is 0.520. The van der Waals surface area contributed by atoms with Gasteiger partial charge < -0.3 is 14.4 Å². The molecule has 0 spiro atoms. The first-order valence-electron chi connectivity index (χ1n) is 12.0. The van der Waals surface area contributed by atoms with E-state index in [4.69, 9.17) is 4.42 Å². The van der Waals surface area contributed by atoms with Crippen molar-refractivity contribution >= 4 is 17.2 Å². The second kappa shape index (κ2) is 9.58. The standard InChI is InChI=1S/C25H26F6N4O3S/c1-12-11-14(23(5,24(26,27)28)25(29,30)31)8-9-15(12)17-16(20(36)35-10-6-7-13(35)2)32-19(39-17)18-33-34-21(38-18)22(3,4)37/h8-9,11,13,37H,6-7,10H2,1-5H3/t13-/m0/s1. The van der Waals surface area contributed by atoms with E-state index in [0.717, 1.165) is 42.4 Å². The van der Waals surface area contributed by atoms with Crippen LogP contribution >= 0.6 is 11.3 Å². The molecule has 0 aliphatic carbocycles. The Hall–Kier alpha value is -3.00. The molecule has 0 bridgehead atoms. The van der Waals surface area contributed by atoms with Crippen molar-refractivity contribution in [1.82, 2.24) is 20.1 Å². The number of halogens is 6. The number of aryl methyl sites for hydroxylation is 1. The second-order valence-electron chi connectivity index (χ2n) is 10.3. The molecule has 14 heteroatoms. The van der Waals surface area contributed by atoms with Gasteiger partial charge in [-0.25, -0.2) is 4.98 Å². The van der Waals surface area contributed by atoms with Crippen LogP contribution in [0.4, 0.5) is 26.3 Å². The van der Waals surface area contributed by atoms with Crippen molar-refractivity contribution in [3.05, 3.63) is 40.9 Å². The first-order chi connectivity index (χ1) is 17.9. The molecule has 4 rings (SSSR count). The number of rotatable bonds is 5. The predicted molar refractivity (Wildman–Crippen MR) is 130 cm³/mol. The summed E-state index contributed by atoms with van der Waals surface area (Å²) in [5.41, 5.74) is -6.22. The third-order valence-corrected chi connectivity index (χ3v) is 8.03. The fourth-order valence-corrected chi connectivity index (χ4v) is 5.45. The predicted octanol–water partition coefficient (Wildman–Crippen LogP) is 6.40. The number of aromatic nitrogens is 3. The van der Waals surface area contributed by atoms with E-state index in [0.29, 0.717) is 6.54 Å². The number of likely N-dealkylation sites (tertiary alicyclic amines) is 1. The van der Waals surface area contributed by atoms with Gasteiger partial charge in [-0.05, 0) is 64.2 Å². The zero-order valence-electron chi connectivity index (χ0n) is 21.7. The van der Waals surface area contributed by atoms with E-state index >= 15 is 0 Å². The number of thiazole rings is 1. The highest BCUT2D eigenvalue weighted by Crippen LogP contribution is 2.52. The normalized spacial score (nSPS) is 17.2. The molecule has 1 aromatic carbocycles. The van der Waals surface area contributed by atoms with Gasteiger partial charge in [0, 0.05) is 12.6 Å². The summed E-state index contributed by atoms with van der Waals surface area (Å²) in [5, 5.41) is 18.0. The molecule has 0 saturated carbocycles. The molecule has 1 saturated heterocycles. The maximum Gasteiger partial charge on any atom is 0.406 e. The highest BCUT2D eigenvalue weighted by atomic mass is 32.1. The van der Waals surface area contributed by atoms with Crippen LogP contribution in [0, 0.1) is 6.92 Å². The molecule has 3 heterocycles. The van der Waals surface area contributed by atoms with Crippen LogP contribution < -0.4 is 0 Å². The summed E-state index contributed by atoms with van der Waals surface area (Å²) < 4.78 is 87.6. The Morgan fingerprint density at radius 3 is 2.23 bits per heavy atom. The van der Waals surface area contributed by atoms with Crippen molar-refractivity contribution in [3.63, 3.8) is 0 Å². The van der Waals surface area contributed by atoms with Crippen LogP contribution in [-0.4, -0.2) is 56.0 Å². The number of carbonyl (C=O) groups is 1. The highest BCUT2D eigenvalue weighted by molar-refractivity contribution is 7.18. The minimum absolute atomic E-state index is 0.0305. The Bertz CT molecular complexity index is 1380. The minimum atomic E-state index is -5.60. The van der Waals surface area contributed by atoms with Crippen molar-refractivity contribution in [1.29, 1.82) is 0 Å². The Morgan fingerprint density at radius 2 is 1.74 bits per heavy atom. The third-order valence-electron chi connectivity index (χ3n) is 6.96. The Kier molecular flexibility index (Phi) is 7.12. The summed E-state index contributed by atoms with van der Waals surface area (Å²) in [5.74, 6) is -0.629. The van der Waals surface area contributed by atoms with Crippen LogP contribution in [0.2, 0.25) is 0 Å². The van der Waals surface area contributed by atoms with Gasteiger partial charge in [0.2, 0.25) is 5.89 Å². The molecule has 0 unspecified atom stereocenters. The first-order valence-corrected chi connectivity index (χ1v) is 12.8. The van der Waals surface area contributed by atoms with Crippen LogP contribution in [0.1, 0.15) is 68.0 Å². The van der Waals surface area contributed by atoms with Crippen LogP contribution in [-0.2, 0) is 11.0 Å². The van der Waals surface area contributed by atoms with Crippen molar-refractivity contribution in [2.75, 3.05) is 6.54 Å². The number of benzene rings is 1. The lowest BCUT2D eigenvalue weighted by atomic mass is 9.79. The molecule has 3 aromatic rings. The smallest absolute Gasteiger partial charge is 0.406 e. The zero-order valence-corrected chi connectivity index (χ0v) is 22.5. The zero-order chi connectivity index (χ0) is 29.1. The average Bonchev–Trinajstić information content (AvgIpc) is 3.55. The van der Waals surface area contributed by atoms with Gasteiger partial charge in [-0.3, -0.25) is 4.79 Å². The molecule has 1 amide bonds. The van der Waals surface area contributed by atoms with E-state index in [1.54, 1.807) is 4.90 Å². The van der Waals surface area contributed by atoms with E-state index in [1.807, 2.05) is 6.92 Å². The molecule has 212 valence electrons. The molecule has 7 nitrogen and oxygen atoms in total. The lowest BCUT2D eigenvalue weighted by Crippen LogP contribution is -2.51. The first kappa shape index (κ1) is 29.0. The fourth-order valence-electron chi connectivity index (χ4n) is 4.38. The van der Waals surface area contributed by atoms with Gasteiger partial charge in [-0.15, -0.1) is 21.5 Å². The number of hydrogen-bond donors (Lipinski definition) is 1. The van der Waals surface area contributed by atoms with E-state index in [2.05, 4.69) is 15.2 Å². The summed E-state index contributed by atoms with van der Waals surface area (Å²) in [6, 6.07) is 2.66. The number of amides is 1. The van der Waals surface area contributed by atoms with E-state index in [-0.39, 0.29) is 51.5 Å². The second-order valence-corrected chi connectivity index (χ2v) is 11.3. The highest BCUT2D eigenvalue weighted by Gasteiger charge is 2.68. The third kappa shape index (κ3) is 5.04. The number of aliphatic hydroxyl groups is 1. The van der Waals surface area contributed by atoms with Crippen LogP contribution in [0.25, 0.3) is 21.3 Å². The number of alkyl halides is 6. The van der Waals surface area contributed by atoms with Crippen LogP contribution in [0.5, 0.6) is 0 Å². The van der Waals surface area contributed by atoms with Crippen LogP contribution in [0.3, 0.4) is 0 Å². The molecule has 1 aliphatic heterocycles. The number of carbonyl (C=O) groups excluding carboxylic acids is 1. The van der Waals surface area contributed by atoms with Gasteiger partial charge in [-0.2, -0.15) is 26.3 Å². The van der Waals surface area contributed by atoms with Crippen molar-refractivity contribution in [2.45, 2.75) is 76.9 Å². The van der Waals surface area contributed by atoms with Gasteiger partial charge >= 0.3 is 12.4 Å². The quantitative estimate of drug-likeness (QED) is 0.354. The average molecular weight is 577 g/mol. The molecular weight excluding hydrogens is 550 g/mol. The Morgan fingerprint density at radius 1 is 1.10 bits per heavy atom. The minimum Gasteiger partial charge on any atom is -0.415 e. The summed E-state index contributed by atoms with van der Waals surface area (Å²) in [4.78, 5) is 19.8. The van der Waals surface area contributed by atoms with Gasteiger partial charge in [-0.1, -0.05) is 18.2 Å². The summed E-state index contributed by atoms with van der Waals surface area (Å²) in [6.07, 6.45) is -9.64. The van der Waals surface area contributed by atoms with Crippen molar-refractivity contribution in [3.8, 4) is 21.3 Å². The molecule has 39 heavy (non-hydrogen) atoms. The van der Waals surface area contributed by atoms with Gasteiger partial charge in [0.15, 0.2) is 10.4 Å². The summed E-state index contributed by atoms with van der Waals surface area (Å²) >= 11 is 0.936. The number of hydrogen-bond acceptors (Lipinski definition) is 7. The summed E-state index contributed by atoms with van der Waals surface area (Å²) in [7, 11) is 0. The molecule has 1 N–H and O–H groups in total. The summed E-state index contributed by atoms with van der Waals surface area (Å²) in [6.45, 7) is 6.69. The molecule has 0 radical (unpaired) electrons. The maximum absolute atomic E-state index is 13.7. The largest absolute Gasteiger partial charge is 0.415 e. The lowest BCUT2D eigenvalue weighted by Gasteiger charge is -2.34. The molecule has 1 fully saturated rings. The lowest BCUT2D eigenvalue weighted by molar-refractivity contribution is -0.297. The topological polar surface area (TPSA) is 92.4 Å². The van der Waals surface area contributed by atoms with E-state index in [9.17, 15) is 36.2 Å². The molecule has 1 aliphatic rings. The molecular formula is C25H26F6N4O3S. The molecule has 1 atom stereocenters. The Balaban J connectivity index is 1.86. The van der Waals surface area contributed by atoms with Crippen LogP contribution in [0.15, 0.2) is 22.6 Å². The molecule has 2 aromatic heterocycles. The van der Waals surface area contributed by atoms with Gasteiger partial charge in [0.25, 0.3) is 11.8 Å². The van der Waals surface area contributed by atoms with Gasteiger partial charge in [0.1, 0.15) is 11.3 Å². The monoisotopic (exact) mass is 576 g/mol. The van der Waals surface area contributed by atoms with E-state index < -0.39 is 34.8 Å². The van der Waals surface area contributed by atoms with Crippen molar-refractivity contribution < 1.29 is 40.7 Å². The van der Waals surface area contributed by atoms with Gasteiger partial charge in [0.05, 0.1) is 4.88 Å². The SMILES string of the molecule is Cc1cc(C(C)(C(F)(F)F)C(F)(F)F)ccc1-c1sc(-c2nnc(C(C)(C)O)o2)nc1C(=O)N1CCC[C@@H]1C. The maximum atomic E-state index is 13.7. The number of nitrogens with zero attached hydrogens (tertiary/aromatic N) is 4. The van der Waals surface area contributed by atoms with E-state index in [1.165, 1.54) is 20.8 Å².